The molecule has 2 unspecified atom stereocenters. The van der Waals surface area contributed by atoms with Crippen molar-refractivity contribution < 1.29 is 18.9 Å². The maximum Gasteiger partial charge on any atom is 0.142 e. The zero-order valence-corrected chi connectivity index (χ0v) is 23.2. The Morgan fingerprint density at radius 3 is 0.976 bits per heavy atom. The van der Waals surface area contributed by atoms with Crippen molar-refractivity contribution >= 4 is 45.5 Å². The summed E-state index contributed by atoms with van der Waals surface area (Å²) in [6.07, 6.45) is -0.431. The van der Waals surface area contributed by atoms with E-state index in [0.29, 0.717) is 81.3 Å². The van der Waals surface area contributed by atoms with Gasteiger partial charge in [-0.3, -0.25) is 0 Å². The van der Waals surface area contributed by atoms with Crippen LogP contribution >= 0.6 is 0 Å². The van der Waals surface area contributed by atoms with Crippen molar-refractivity contribution in [3.63, 3.8) is 0 Å². The highest BCUT2D eigenvalue weighted by molar-refractivity contribution is 5.63. The number of hydrogen-bond donors (Lipinski definition) is 8. The standard InChI is InChI=1S/C30H38N8O4/c31-17-1-5-25(21(35)13-17)39-11-9-29(41-27-7-3-19(33)15-23(27)37)30(42-28-8-4-20(34)16-24(28)38)10-12-40-26-6-2-18(32)14-22(26)36/h1-8,13-16,29-30H,9-12,31-38H2. The fraction of sp³-hybridized carbons (Fsp3) is 0.200. The maximum absolute atomic E-state index is 6.43. The quantitative estimate of drug-likeness (QED) is 0.107. The van der Waals surface area contributed by atoms with E-state index in [1.54, 1.807) is 72.8 Å². The molecule has 2 atom stereocenters. The molecule has 16 N–H and O–H groups in total. The summed E-state index contributed by atoms with van der Waals surface area (Å²) in [4.78, 5) is 0. The molecule has 0 fully saturated rings. The SMILES string of the molecule is Nc1ccc(OCCC(Oc2ccc(N)cc2N)C(CCOc2ccc(N)cc2N)Oc2ccc(N)cc2N)c(N)c1. The summed E-state index contributed by atoms with van der Waals surface area (Å²) in [6.45, 7) is 0.465. The monoisotopic (exact) mass is 574 g/mol. The van der Waals surface area contributed by atoms with E-state index in [9.17, 15) is 0 Å². The molecule has 0 aliphatic rings. The molecule has 0 spiro atoms. The van der Waals surface area contributed by atoms with Crippen molar-refractivity contribution in [2.75, 3.05) is 59.1 Å². The summed E-state index contributed by atoms with van der Waals surface area (Å²) in [5.74, 6) is 1.86. The van der Waals surface area contributed by atoms with Crippen LogP contribution in [0.5, 0.6) is 23.0 Å². The molecule has 222 valence electrons. The first-order valence-electron chi connectivity index (χ1n) is 13.3. The first-order valence-corrected chi connectivity index (χ1v) is 13.3. The van der Waals surface area contributed by atoms with Crippen LogP contribution in [-0.2, 0) is 0 Å². The molecular formula is C30H38N8O4. The molecule has 0 aliphatic carbocycles. The molecule has 0 saturated carbocycles. The van der Waals surface area contributed by atoms with Crippen LogP contribution in [-0.4, -0.2) is 25.4 Å². The van der Waals surface area contributed by atoms with Gasteiger partial charge in [-0.1, -0.05) is 0 Å². The van der Waals surface area contributed by atoms with Crippen LogP contribution in [0.3, 0.4) is 0 Å². The maximum atomic E-state index is 6.43. The Kier molecular flexibility index (Phi) is 9.28. The number of rotatable bonds is 13. The zero-order chi connectivity index (χ0) is 30.2. The molecule has 0 amide bonds. The van der Waals surface area contributed by atoms with Gasteiger partial charge >= 0.3 is 0 Å². The third kappa shape index (κ3) is 7.78. The zero-order valence-electron chi connectivity index (χ0n) is 23.2. The highest BCUT2D eigenvalue weighted by atomic mass is 16.5. The van der Waals surface area contributed by atoms with Crippen molar-refractivity contribution in [3.8, 4) is 23.0 Å². The van der Waals surface area contributed by atoms with Crippen LogP contribution in [0.2, 0.25) is 0 Å². The molecule has 0 bridgehead atoms. The van der Waals surface area contributed by atoms with Crippen LogP contribution in [0, 0.1) is 0 Å². The van der Waals surface area contributed by atoms with Gasteiger partial charge in [-0.05, 0) is 72.8 Å². The minimum atomic E-state index is -0.588. The molecule has 0 aliphatic heterocycles. The van der Waals surface area contributed by atoms with Crippen molar-refractivity contribution in [1.29, 1.82) is 0 Å². The average Bonchev–Trinajstić information content (AvgIpc) is 2.92. The highest BCUT2D eigenvalue weighted by Crippen LogP contribution is 2.31. The lowest BCUT2D eigenvalue weighted by atomic mass is 10.1. The van der Waals surface area contributed by atoms with E-state index in [4.69, 9.17) is 64.8 Å². The normalized spacial score (nSPS) is 12.3. The first kappa shape index (κ1) is 29.5. The number of nitrogens with two attached hydrogens (primary N) is 8. The largest absolute Gasteiger partial charge is 0.491 e. The first-order chi connectivity index (χ1) is 20.1. The molecule has 12 heteroatoms. The van der Waals surface area contributed by atoms with Gasteiger partial charge in [0.1, 0.15) is 35.2 Å². The Balaban J connectivity index is 1.59. The van der Waals surface area contributed by atoms with Gasteiger partial charge in [-0.2, -0.15) is 0 Å². The number of anilines is 8. The van der Waals surface area contributed by atoms with E-state index in [1.807, 2.05) is 0 Å². The van der Waals surface area contributed by atoms with E-state index >= 15 is 0 Å². The Bertz CT molecular complexity index is 1400. The third-order valence-electron chi connectivity index (χ3n) is 6.43. The molecule has 42 heavy (non-hydrogen) atoms. The highest BCUT2D eigenvalue weighted by Gasteiger charge is 2.28. The van der Waals surface area contributed by atoms with Crippen LogP contribution in [0.1, 0.15) is 12.8 Å². The van der Waals surface area contributed by atoms with Crippen molar-refractivity contribution in [2.45, 2.75) is 25.0 Å². The summed E-state index contributed by atoms with van der Waals surface area (Å²) in [5.41, 5.74) is 51.8. The van der Waals surface area contributed by atoms with Crippen LogP contribution in [0.15, 0.2) is 72.8 Å². The lowest BCUT2D eigenvalue weighted by Crippen LogP contribution is -2.39. The molecule has 0 aromatic heterocycles. The lowest BCUT2D eigenvalue weighted by molar-refractivity contribution is 0.0281. The van der Waals surface area contributed by atoms with E-state index in [-0.39, 0.29) is 13.2 Å². The van der Waals surface area contributed by atoms with Crippen LogP contribution in [0.4, 0.5) is 45.5 Å². The summed E-state index contributed by atoms with van der Waals surface area (Å²) in [5, 5.41) is 0. The Morgan fingerprint density at radius 2 is 0.690 bits per heavy atom. The van der Waals surface area contributed by atoms with Crippen molar-refractivity contribution in [2.24, 2.45) is 0 Å². The molecule has 12 nitrogen and oxygen atoms in total. The topological polar surface area (TPSA) is 245 Å². The summed E-state index contributed by atoms with van der Waals surface area (Å²) < 4.78 is 24.8. The molecule has 4 rings (SSSR count). The fourth-order valence-electron chi connectivity index (χ4n) is 4.28. The summed E-state index contributed by atoms with van der Waals surface area (Å²) in [6, 6.07) is 20.2. The van der Waals surface area contributed by atoms with Gasteiger partial charge in [0.05, 0.1) is 36.0 Å². The van der Waals surface area contributed by atoms with Gasteiger partial charge in [0, 0.05) is 35.6 Å². The summed E-state index contributed by atoms with van der Waals surface area (Å²) in [7, 11) is 0. The molecule has 0 radical (unpaired) electrons. The molecular weight excluding hydrogens is 536 g/mol. The fourth-order valence-corrected chi connectivity index (χ4v) is 4.28. The van der Waals surface area contributed by atoms with E-state index < -0.39 is 12.2 Å². The van der Waals surface area contributed by atoms with E-state index in [0.717, 1.165) is 0 Å². The Morgan fingerprint density at radius 1 is 0.405 bits per heavy atom. The Hall–Kier alpha value is -5.52. The predicted molar refractivity (Wildman–Crippen MR) is 170 cm³/mol. The second kappa shape index (κ2) is 13.2. The van der Waals surface area contributed by atoms with Crippen LogP contribution < -0.4 is 64.8 Å². The van der Waals surface area contributed by atoms with Gasteiger partial charge in [-0.15, -0.1) is 0 Å². The lowest BCUT2D eigenvalue weighted by Gasteiger charge is -2.30. The average molecular weight is 575 g/mol. The third-order valence-corrected chi connectivity index (χ3v) is 6.43. The number of hydrogen-bond acceptors (Lipinski definition) is 12. The van der Waals surface area contributed by atoms with Crippen LogP contribution in [0.25, 0.3) is 0 Å². The predicted octanol–water partition coefficient (Wildman–Crippen LogP) is 3.48. The molecule has 4 aromatic carbocycles. The minimum absolute atomic E-state index is 0.233. The van der Waals surface area contributed by atoms with E-state index in [1.165, 1.54) is 0 Å². The number of nitrogen functional groups attached to an aromatic ring is 8. The number of ether oxygens (including phenoxy) is 4. The Labute approximate surface area is 244 Å². The molecule has 4 aromatic rings. The van der Waals surface area contributed by atoms with Gasteiger partial charge in [-0.25, -0.2) is 0 Å². The smallest absolute Gasteiger partial charge is 0.142 e. The van der Waals surface area contributed by atoms with Gasteiger partial charge in [0.2, 0.25) is 0 Å². The summed E-state index contributed by atoms with van der Waals surface area (Å²) >= 11 is 0. The second-order valence-electron chi connectivity index (χ2n) is 9.78. The molecule has 0 heterocycles. The second-order valence-corrected chi connectivity index (χ2v) is 9.78. The van der Waals surface area contributed by atoms with Gasteiger partial charge < -0.3 is 64.8 Å². The molecule has 0 saturated heterocycles. The van der Waals surface area contributed by atoms with Crippen molar-refractivity contribution in [3.05, 3.63) is 72.8 Å². The van der Waals surface area contributed by atoms with E-state index in [2.05, 4.69) is 0 Å². The number of benzene rings is 4. The van der Waals surface area contributed by atoms with Crippen molar-refractivity contribution in [1.82, 2.24) is 0 Å². The van der Waals surface area contributed by atoms with Gasteiger partial charge in [0.15, 0.2) is 0 Å². The van der Waals surface area contributed by atoms with Gasteiger partial charge in [0.25, 0.3) is 0 Å². The minimum Gasteiger partial charge on any atom is -0.491 e.